The van der Waals surface area contributed by atoms with Crippen molar-refractivity contribution in [1.82, 2.24) is 0 Å². The number of rotatable bonds is 13. The van der Waals surface area contributed by atoms with E-state index in [9.17, 15) is 4.79 Å². The molecule has 1 aliphatic heterocycles. The van der Waals surface area contributed by atoms with Gasteiger partial charge in [-0.1, -0.05) is 50.2 Å². The molecule has 1 atom stereocenters. The van der Waals surface area contributed by atoms with Crippen molar-refractivity contribution >= 4 is 40.2 Å². The Morgan fingerprint density at radius 1 is 1.12 bits per heavy atom. The number of hydrogen-bond acceptors (Lipinski definition) is 5. The van der Waals surface area contributed by atoms with Gasteiger partial charge >= 0.3 is 5.97 Å². The largest absolute Gasteiger partial charge is 0.481 e. The number of thioether (sulfide) groups is 2. The second kappa shape index (κ2) is 13.2. The van der Waals surface area contributed by atoms with Crippen LogP contribution in [0.25, 0.3) is 0 Å². The predicted molar refractivity (Wildman–Crippen MR) is 150 cm³/mol. The SMILES string of the molecule is CCC(CC)c1ccc(N(Cc2ccc(C3CSC(CSCCC(=O)O)=N3)cc2)C(C)C)cc1. The summed E-state index contributed by atoms with van der Waals surface area (Å²) in [7, 11) is 0. The van der Waals surface area contributed by atoms with E-state index >= 15 is 0 Å². The molecule has 6 heteroatoms. The molecule has 0 saturated heterocycles. The lowest BCUT2D eigenvalue weighted by molar-refractivity contribution is -0.136. The fraction of sp³-hybridized carbons (Fsp3) is 0.500. The summed E-state index contributed by atoms with van der Waals surface area (Å²) >= 11 is 3.45. The fourth-order valence-corrected chi connectivity index (χ4v) is 6.42. The number of benzene rings is 2. The molecule has 184 valence electrons. The van der Waals surface area contributed by atoms with E-state index in [1.165, 1.54) is 35.2 Å². The Morgan fingerprint density at radius 2 is 1.79 bits per heavy atom. The molecule has 0 aromatic heterocycles. The van der Waals surface area contributed by atoms with Crippen LogP contribution in [0.2, 0.25) is 0 Å². The highest BCUT2D eigenvalue weighted by molar-refractivity contribution is 8.16. The number of aliphatic carboxylic acids is 1. The Labute approximate surface area is 213 Å². The third-order valence-corrected chi connectivity index (χ3v) is 8.63. The van der Waals surface area contributed by atoms with Gasteiger partial charge in [-0.2, -0.15) is 11.8 Å². The van der Waals surface area contributed by atoms with Crippen molar-refractivity contribution < 1.29 is 9.90 Å². The second-order valence-electron chi connectivity index (χ2n) is 9.11. The first-order valence-electron chi connectivity index (χ1n) is 12.4. The van der Waals surface area contributed by atoms with Gasteiger partial charge in [0.25, 0.3) is 0 Å². The molecule has 0 aliphatic carbocycles. The van der Waals surface area contributed by atoms with Crippen LogP contribution in [0.5, 0.6) is 0 Å². The van der Waals surface area contributed by atoms with Crippen molar-refractivity contribution in [3.63, 3.8) is 0 Å². The first kappa shape index (κ1) is 26.7. The molecule has 1 N–H and O–H groups in total. The molecule has 0 amide bonds. The van der Waals surface area contributed by atoms with E-state index < -0.39 is 5.97 Å². The van der Waals surface area contributed by atoms with Crippen LogP contribution in [0.3, 0.4) is 0 Å². The molecular formula is C28H38N2O2S2. The van der Waals surface area contributed by atoms with E-state index in [0.717, 1.165) is 23.1 Å². The Hall–Kier alpha value is -1.92. The van der Waals surface area contributed by atoms with Crippen molar-refractivity contribution in [1.29, 1.82) is 0 Å². The minimum Gasteiger partial charge on any atom is -0.481 e. The minimum atomic E-state index is -0.735. The Balaban J connectivity index is 1.60. The highest BCUT2D eigenvalue weighted by Gasteiger charge is 2.20. The lowest BCUT2D eigenvalue weighted by atomic mass is 9.94. The summed E-state index contributed by atoms with van der Waals surface area (Å²) < 4.78 is 0. The van der Waals surface area contributed by atoms with Crippen molar-refractivity contribution in [2.75, 3.05) is 22.2 Å². The highest BCUT2D eigenvalue weighted by Crippen LogP contribution is 2.32. The van der Waals surface area contributed by atoms with E-state index in [1.54, 1.807) is 23.5 Å². The van der Waals surface area contributed by atoms with Gasteiger partial charge in [0.15, 0.2) is 0 Å². The van der Waals surface area contributed by atoms with Crippen LogP contribution in [0.4, 0.5) is 5.69 Å². The zero-order valence-corrected chi connectivity index (χ0v) is 22.5. The Bertz CT molecular complexity index is 938. The number of nitrogens with zero attached hydrogens (tertiary/aromatic N) is 2. The summed E-state index contributed by atoms with van der Waals surface area (Å²) in [6.07, 6.45) is 2.58. The summed E-state index contributed by atoms with van der Waals surface area (Å²) in [6.45, 7) is 9.93. The molecule has 1 aliphatic rings. The van der Waals surface area contributed by atoms with Crippen molar-refractivity contribution in [3.05, 3.63) is 65.2 Å². The van der Waals surface area contributed by atoms with Gasteiger partial charge in [-0.15, -0.1) is 11.8 Å². The van der Waals surface area contributed by atoms with Crippen LogP contribution in [0.15, 0.2) is 53.5 Å². The summed E-state index contributed by atoms with van der Waals surface area (Å²) in [5.74, 6) is 2.33. The molecule has 1 unspecified atom stereocenters. The van der Waals surface area contributed by atoms with Gasteiger partial charge in [0, 0.05) is 35.5 Å². The van der Waals surface area contributed by atoms with E-state index in [0.29, 0.717) is 17.7 Å². The maximum absolute atomic E-state index is 10.7. The van der Waals surface area contributed by atoms with Gasteiger partial charge in [-0.25, -0.2) is 0 Å². The quantitative estimate of drug-likeness (QED) is 0.292. The summed E-state index contributed by atoms with van der Waals surface area (Å²) in [5, 5.41) is 9.90. The van der Waals surface area contributed by atoms with Gasteiger partial charge < -0.3 is 10.0 Å². The number of aliphatic imine (C=N–C) groups is 1. The van der Waals surface area contributed by atoms with E-state index in [-0.39, 0.29) is 12.5 Å². The van der Waals surface area contributed by atoms with Crippen LogP contribution in [-0.2, 0) is 11.3 Å². The number of carboxylic acids is 1. The molecule has 34 heavy (non-hydrogen) atoms. The average molecular weight is 499 g/mol. The topological polar surface area (TPSA) is 52.9 Å². The normalized spacial score (nSPS) is 15.7. The zero-order chi connectivity index (χ0) is 24.5. The van der Waals surface area contributed by atoms with Gasteiger partial charge in [-0.05, 0) is 61.4 Å². The number of anilines is 1. The van der Waals surface area contributed by atoms with Crippen molar-refractivity contribution in [2.45, 2.75) is 71.5 Å². The molecule has 2 aromatic rings. The standard InChI is InChI=1S/C28H38N2O2S2/c1-5-22(6-2)23-11-13-25(14-12-23)30(20(3)4)17-21-7-9-24(10-8-21)26-18-34-27(29-26)19-33-16-15-28(31)32/h7-14,20,22,26H,5-6,15-19H2,1-4H3,(H,31,32). The molecule has 2 aromatic carbocycles. The van der Waals surface area contributed by atoms with E-state index in [1.807, 2.05) is 0 Å². The fourth-order valence-electron chi connectivity index (χ4n) is 4.30. The summed E-state index contributed by atoms with van der Waals surface area (Å²) in [5.41, 5.74) is 5.28. The first-order chi connectivity index (χ1) is 16.4. The molecule has 1 heterocycles. The minimum absolute atomic E-state index is 0.202. The lowest BCUT2D eigenvalue weighted by Gasteiger charge is -2.30. The molecule has 0 fully saturated rings. The summed E-state index contributed by atoms with van der Waals surface area (Å²) in [4.78, 5) is 18.0. The van der Waals surface area contributed by atoms with Crippen LogP contribution >= 0.6 is 23.5 Å². The second-order valence-corrected chi connectivity index (χ2v) is 11.3. The molecule has 3 rings (SSSR count). The molecular weight excluding hydrogens is 460 g/mol. The van der Waals surface area contributed by atoms with Gasteiger partial charge in [0.1, 0.15) is 0 Å². The maximum atomic E-state index is 10.7. The molecule has 0 spiro atoms. The Morgan fingerprint density at radius 3 is 2.38 bits per heavy atom. The summed E-state index contributed by atoms with van der Waals surface area (Å²) in [6, 6.07) is 18.7. The highest BCUT2D eigenvalue weighted by atomic mass is 32.2. The predicted octanol–water partition coefficient (Wildman–Crippen LogP) is 7.40. The first-order valence-corrected chi connectivity index (χ1v) is 14.5. The van der Waals surface area contributed by atoms with E-state index in [2.05, 4.69) is 81.1 Å². The number of hydrogen-bond donors (Lipinski definition) is 1. The third-order valence-electron chi connectivity index (χ3n) is 6.42. The van der Waals surface area contributed by atoms with Crippen LogP contribution in [0.1, 0.15) is 75.6 Å². The maximum Gasteiger partial charge on any atom is 0.304 e. The number of carbonyl (C=O) groups is 1. The van der Waals surface area contributed by atoms with E-state index in [4.69, 9.17) is 10.1 Å². The van der Waals surface area contributed by atoms with Crippen LogP contribution < -0.4 is 4.90 Å². The van der Waals surface area contributed by atoms with Crippen molar-refractivity contribution in [3.8, 4) is 0 Å². The Kier molecular flexibility index (Phi) is 10.4. The smallest absolute Gasteiger partial charge is 0.304 e. The molecule has 0 saturated carbocycles. The average Bonchev–Trinajstić information content (AvgIpc) is 3.31. The van der Waals surface area contributed by atoms with Crippen LogP contribution in [-0.4, -0.2) is 39.4 Å². The lowest BCUT2D eigenvalue weighted by Crippen LogP contribution is -2.30. The molecule has 0 radical (unpaired) electrons. The van der Waals surface area contributed by atoms with Gasteiger partial charge in [-0.3, -0.25) is 9.79 Å². The van der Waals surface area contributed by atoms with Crippen molar-refractivity contribution in [2.24, 2.45) is 4.99 Å². The van der Waals surface area contributed by atoms with Gasteiger partial charge in [0.05, 0.1) is 17.5 Å². The third kappa shape index (κ3) is 7.54. The van der Waals surface area contributed by atoms with Crippen LogP contribution in [0, 0.1) is 0 Å². The number of carboxylic acid groups (broad SMARTS) is 1. The zero-order valence-electron chi connectivity index (χ0n) is 20.9. The monoisotopic (exact) mass is 498 g/mol. The molecule has 0 bridgehead atoms. The molecule has 4 nitrogen and oxygen atoms in total. The van der Waals surface area contributed by atoms with Gasteiger partial charge in [0.2, 0.25) is 0 Å².